The van der Waals surface area contributed by atoms with E-state index in [1.807, 2.05) is 154 Å². The maximum Gasteiger partial charge on any atom is 0.335 e. The zero-order valence-corrected chi connectivity index (χ0v) is 44.0. The Bertz CT molecular complexity index is 2930. The summed E-state index contributed by atoms with van der Waals surface area (Å²) in [6, 6.07) is 40.1. The summed E-state index contributed by atoms with van der Waals surface area (Å²) in [6.45, 7) is 19.6. The quantitative estimate of drug-likeness (QED) is 0.0531. The first-order valence-corrected chi connectivity index (χ1v) is 24.3. The van der Waals surface area contributed by atoms with Gasteiger partial charge in [-0.1, -0.05) is 86.6 Å². The minimum absolute atomic E-state index is 0.0144. The number of amides is 4. The predicted octanol–water partition coefficient (Wildman–Crippen LogP) is 12.3. The first kappa shape index (κ1) is 58.0. The average Bonchev–Trinajstić information content (AvgIpc) is 3.36. The number of carbonyl (C=O) groups is 4. The summed E-state index contributed by atoms with van der Waals surface area (Å²) >= 11 is 0. The molecule has 0 saturated carbocycles. The largest absolute Gasteiger partial charge is 0.507 e. The third kappa shape index (κ3) is 17.9. The van der Waals surface area contributed by atoms with Crippen LogP contribution in [0.3, 0.4) is 0 Å². The van der Waals surface area contributed by atoms with Gasteiger partial charge in [-0.05, 0) is 196 Å². The smallest absolute Gasteiger partial charge is 0.335 e. The van der Waals surface area contributed by atoms with Crippen molar-refractivity contribution in [3.8, 4) is 34.1 Å². The van der Waals surface area contributed by atoms with Gasteiger partial charge in [0.15, 0.2) is 0 Å². The molecule has 0 saturated heterocycles. The van der Waals surface area contributed by atoms with Crippen LogP contribution in [0, 0.1) is 61.3 Å². The summed E-state index contributed by atoms with van der Waals surface area (Å²) in [5.41, 5.74) is 13.2. The minimum atomic E-state index is -0.931. The zero-order valence-electron chi connectivity index (χ0n) is 44.0. The molecule has 0 aromatic heterocycles. The number of nitrogens with one attached hydrogen (secondary N) is 4. The molecule has 0 aliphatic carbocycles. The molecule has 0 spiro atoms. The van der Waals surface area contributed by atoms with Gasteiger partial charge in [-0.15, -0.1) is 0 Å². The Hall–Kier alpha value is -8.58. The topological polar surface area (TPSA) is 218 Å². The number of hydrogen-bond acceptors (Lipinski definition) is 8. The van der Waals surface area contributed by atoms with E-state index >= 15 is 0 Å². The molecule has 7 aromatic rings. The Labute approximate surface area is 435 Å². The fourth-order valence-corrected chi connectivity index (χ4v) is 7.65. The van der Waals surface area contributed by atoms with Crippen LogP contribution in [-0.2, 0) is 17.6 Å². The van der Waals surface area contributed by atoms with Gasteiger partial charge in [0.05, 0.1) is 5.56 Å². The number of hydrogen-bond donors (Lipinski definition) is 9. The average molecular weight is 1000 g/mol. The van der Waals surface area contributed by atoms with Gasteiger partial charge in [0.25, 0.3) is 5.91 Å². The molecule has 7 rings (SSSR count). The summed E-state index contributed by atoms with van der Waals surface area (Å²) in [5, 5.41) is 58.9. The van der Waals surface area contributed by atoms with Crippen molar-refractivity contribution >= 4 is 35.2 Å². The molecule has 0 atom stereocenters. The maximum absolute atomic E-state index is 11.9. The fraction of sp³-hybridized carbons (Fsp3) is 0.246. The van der Waals surface area contributed by atoms with Crippen LogP contribution in [0.25, 0.3) is 11.1 Å². The van der Waals surface area contributed by atoms with Crippen molar-refractivity contribution in [1.29, 1.82) is 0 Å². The number of phenols is 4. The zero-order chi connectivity index (χ0) is 54.6. The van der Waals surface area contributed by atoms with Crippen molar-refractivity contribution in [3.63, 3.8) is 0 Å². The number of aryl methyl sites for hydroxylation is 8. The maximum atomic E-state index is 11.9. The second-order valence-electron chi connectivity index (χ2n) is 18.5. The lowest BCUT2D eigenvalue weighted by Gasteiger charge is -2.10. The normalized spacial score (nSPS) is 10.3. The number of carbonyl (C=O) groups excluding carboxylic acids is 3. The number of benzene rings is 7. The van der Waals surface area contributed by atoms with Crippen molar-refractivity contribution in [2.45, 2.75) is 82.1 Å². The van der Waals surface area contributed by atoms with Gasteiger partial charge in [-0.3, -0.25) is 9.59 Å². The predicted molar refractivity (Wildman–Crippen MR) is 296 cm³/mol. The molecule has 7 aromatic carbocycles. The van der Waals surface area contributed by atoms with Crippen molar-refractivity contribution in [1.82, 2.24) is 10.6 Å². The summed E-state index contributed by atoms with van der Waals surface area (Å²) in [4.78, 5) is 45.8. The Kier molecular flexibility index (Phi) is 21.8. The molecule has 388 valence electrons. The van der Waals surface area contributed by atoms with Crippen LogP contribution in [-0.4, -0.2) is 62.4 Å². The van der Waals surface area contributed by atoms with Gasteiger partial charge in [0.2, 0.25) is 5.91 Å². The van der Waals surface area contributed by atoms with Gasteiger partial charge < -0.3 is 46.8 Å². The highest BCUT2D eigenvalue weighted by atomic mass is 16.4. The number of urea groups is 1. The highest BCUT2D eigenvalue weighted by Gasteiger charge is 2.11. The SMILES string of the molecule is Cc1cc(-c2ccc(C(=O)O)cc2)cc(C)c1O.Cc1cc(CCNC(=O)Nc2ccccc2)cc(C)c1O.Cc1cc(CCNC(=O)c2ccccc2)cc(C)c1O.Cc1cc(NC(=O)C(C)C)cc(C)c1O. The number of aromatic carboxylic acids is 1. The van der Waals surface area contributed by atoms with Crippen molar-refractivity contribution in [2.75, 3.05) is 23.7 Å². The Morgan fingerprint density at radius 1 is 0.432 bits per heavy atom. The number of anilines is 2. The van der Waals surface area contributed by atoms with Gasteiger partial charge in [-0.2, -0.15) is 0 Å². The molecular weight excluding hydrogens is 933 g/mol. The van der Waals surface area contributed by atoms with E-state index in [1.165, 1.54) is 0 Å². The second-order valence-corrected chi connectivity index (χ2v) is 18.5. The van der Waals surface area contributed by atoms with E-state index in [1.54, 1.807) is 48.5 Å². The minimum Gasteiger partial charge on any atom is -0.507 e. The number of carboxylic acid groups (broad SMARTS) is 1. The lowest BCUT2D eigenvalue weighted by atomic mass is 9.99. The van der Waals surface area contributed by atoms with Crippen LogP contribution in [0.5, 0.6) is 23.0 Å². The van der Waals surface area contributed by atoms with Gasteiger partial charge in [-0.25, -0.2) is 9.59 Å². The molecule has 0 heterocycles. The van der Waals surface area contributed by atoms with Crippen LogP contribution in [0.1, 0.15) is 90.2 Å². The van der Waals surface area contributed by atoms with Crippen molar-refractivity contribution in [3.05, 3.63) is 200 Å². The summed E-state index contributed by atoms with van der Waals surface area (Å²) in [6.07, 6.45) is 1.48. The number of phenolic OH excluding ortho intramolecular Hbond substituents is 4. The van der Waals surface area contributed by atoms with E-state index in [9.17, 15) is 39.6 Å². The molecule has 13 nitrogen and oxygen atoms in total. The van der Waals surface area contributed by atoms with Crippen LogP contribution >= 0.6 is 0 Å². The molecule has 0 unspecified atom stereocenters. The molecule has 13 heteroatoms. The highest BCUT2D eigenvalue weighted by molar-refractivity contribution is 5.94. The third-order valence-corrected chi connectivity index (χ3v) is 11.8. The van der Waals surface area contributed by atoms with Crippen LogP contribution in [0.4, 0.5) is 16.2 Å². The van der Waals surface area contributed by atoms with E-state index in [-0.39, 0.29) is 35.1 Å². The molecule has 9 N–H and O–H groups in total. The van der Waals surface area contributed by atoms with E-state index in [4.69, 9.17) is 5.11 Å². The van der Waals surface area contributed by atoms with E-state index in [0.29, 0.717) is 35.9 Å². The Balaban J connectivity index is 0.000000215. The molecule has 4 amide bonds. The van der Waals surface area contributed by atoms with Gasteiger partial charge in [0.1, 0.15) is 23.0 Å². The molecule has 0 bridgehead atoms. The molecule has 0 radical (unpaired) electrons. The molecule has 0 aliphatic heterocycles. The molecule has 74 heavy (non-hydrogen) atoms. The lowest BCUT2D eigenvalue weighted by molar-refractivity contribution is -0.118. The van der Waals surface area contributed by atoms with Crippen molar-refractivity contribution in [2.24, 2.45) is 5.92 Å². The van der Waals surface area contributed by atoms with Crippen molar-refractivity contribution < 1.29 is 44.7 Å². The lowest BCUT2D eigenvalue weighted by Crippen LogP contribution is -2.30. The standard InChI is InChI=1S/C17H20N2O2.C17H19NO2.C15H14O3.C12H17NO2/c1-12-10-14(11-13(2)16(12)20)8-9-18-17(21)19-15-6-4-3-5-7-15;1-12-10-14(11-13(2)16(12)19)8-9-18-17(20)15-6-4-3-5-7-15;1-9-7-13(8-10(2)14(9)16)11-3-5-12(6-4-11)15(17)18;1-7(2)12(15)13-10-5-8(3)11(14)9(4)6-10/h3-7,10-11,20H,8-9H2,1-2H3,(H2,18,19,21);3-7,10-11,19H,8-9H2,1-2H3,(H,18,20);3-8,16H,1-2H3,(H,17,18);5-7,14H,1-4H3,(H,13,15). The van der Waals surface area contributed by atoms with Gasteiger partial charge >= 0.3 is 12.0 Å². The number of para-hydroxylation sites is 1. The summed E-state index contributed by atoms with van der Waals surface area (Å²) < 4.78 is 0. The molecule has 0 fully saturated rings. The monoisotopic (exact) mass is 1000 g/mol. The highest BCUT2D eigenvalue weighted by Crippen LogP contribution is 2.30. The summed E-state index contributed by atoms with van der Waals surface area (Å²) in [7, 11) is 0. The molecule has 0 aliphatic rings. The molecular formula is C61H70N4O9. The first-order chi connectivity index (χ1) is 35.0. The Morgan fingerprint density at radius 2 is 0.824 bits per heavy atom. The van der Waals surface area contributed by atoms with E-state index in [0.717, 1.165) is 91.0 Å². The fourth-order valence-electron chi connectivity index (χ4n) is 7.65. The number of rotatable bonds is 12. The Morgan fingerprint density at radius 3 is 1.24 bits per heavy atom. The van der Waals surface area contributed by atoms with Gasteiger partial charge in [0, 0.05) is 35.9 Å². The summed E-state index contributed by atoms with van der Waals surface area (Å²) in [5.74, 6) is 0.241. The van der Waals surface area contributed by atoms with Crippen LogP contribution in [0.15, 0.2) is 133 Å². The second kappa shape index (κ2) is 27.9. The third-order valence-electron chi connectivity index (χ3n) is 11.8. The van der Waals surface area contributed by atoms with Crippen LogP contribution < -0.4 is 21.3 Å². The first-order valence-electron chi connectivity index (χ1n) is 24.3. The van der Waals surface area contributed by atoms with Crippen LogP contribution in [0.2, 0.25) is 0 Å². The number of aromatic hydroxyl groups is 4. The number of carboxylic acids is 1. The van der Waals surface area contributed by atoms with E-state index in [2.05, 4.69) is 21.3 Å². The van der Waals surface area contributed by atoms with E-state index < -0.39 is 5.97 Å².